The second-order valence-electron chi connectivity index (χ2n) is 4.86. The van der Waals surface area contributed by atoms with Crippen LogP contribution in [-0.4, -0.2) is 55.2 Å². The van der Waals surface area contributed by atoms with Crippen LogP contribution >= 0.6 is 0 Å². The molecule has 0 bridgehead atoms. The van der Waals surface area contributed by atoms with E-state index in [1.54, 1.807) is 0 Å². The van der Waals surface area contributed by atoms with E-state index in [2.05, 4.69) is 0 Å². The van der Waals surface area contributed by atoms with Crippen LogP contribution in [-0.2, 0) is 9.53 Å². The number of hydrogen-bond acceptors (Lipinski definition) is 7. The van der Waals surface area contributed by atoms with E-state index in [0.29, 0.717) is 0 Å². The highest BCUT2D eigenvalue weighted by atomic mass is 16.6. The molecule has 116 valence electrons. The summed E-state index contributed by atoms with van der Waals surface area (Å²) in [4.78, 5) is 36.4. The van der Waals surface area contributed by atoms with E-state index < -0.39 is 47.8 Å². The van der Waals surface area contributed by atoms with Crippen molar-refractivity contribution in [1.29, 1.82) is 0 Å². The Bertz CT molecular complexity index is 681. The van der Waals surface area contributed by atoms with Crippen LogP contribution in [0.1, 0.15) is 11.8 Å². The molecule has 1 aliphatic heterocycles. The molecule has 1 aromatic heterocycles. The van der Waals surface area contributed by atoms with Crippen molar-refractivity contribution < 1.29 is 24.9 Å². The Balaban J connectivity index is 2.52. The third-order valence-corrected chi connectivity index (χ3v) is 3.52. The van der Waals surface area contributed by atoms with Gasteiger partial charge >= 0.3 is 11.7 Å². The van der Waals surface area contributed by atoms with E-state index >= 15 is 0 Å². The first-order chi connectivity index (χ1) is 9.74. The molecule has 0 saturated carbocycles. The average Bonchev–Trinajstić information content (AvgIpc) is 2.68. The molecule has 4 atom stereocenters. The number of aliphatic carboxylic acids is 1. The van der Waals surface area contributed by atoms with Gasteiger partial charge in [0.05, 0.1) is 12.6 Å². The maximum absolute atomic E-state index is 11.8. The number of hydrogen-bond donors (Lipinski definition) is 5. The van der Waals surface area contributed by atoms with Gasteiger partial charge in [0.2, 0.25) is 5.60 Å². The first kappa shape index (κ1) is 15.4. The molecule has 0 spiro atoms. The maximum Gasteiger partial charge on any atom is 0.341 e. The number of carboxylic acids is 1. The Morgan fingerprint density at radius 1 is 1.57 bits per heavy atom. The minimum atomic E-state index is -2.33. The van der Waals surface area contributed by atoms with Crippen molar-refractivity contribution in [2.45, 2.75) is 30.9 Å². The van der Waals surface area contributed by atoms with Gasteiger partial charge in [-0.25, -0.2) is 9.59 Å². The number of nitrogens with two attached hydrogens (primary N) is 1. The van der Waals surface area contributed by atoms with E-state index in [0.717, 1.165) is 10.8 Å². The van der Waals surface area contributed by atoms with Gasteiger partial charge in [0.1, 0.15) is 6.10 Å². The largest absolute Gasteiger partial charge is 0.479 e. The molecule has 2 heterocycles. The van der Waals surface area contributed by atoms with E-state index in [1.165, 1.54) is 6.92 Å². The standard InChI is InChI=1S/C11H15N3O7/c1-4-2-14(10(20)13-7(4)17)8-5(12)6(16)11(3-15,21-8)9(18)19/h2,5-6,8,15-16H,3,12H2,1H3,(H,18,19)(H,13,17,20)/t5-,6+,8-,11-/m1/s1. The summed E-state index contributed by atoms with van der Waals surface area (Å²) in [5.41, 5.74) is 2.09. The summed E-state index contributed by atoms with van der Waals surface area (Å²) in [6.07, 6.45) is -1.93. The van der Waals surface area contributed by atoms with Gasteiger partial charge in [-0.3, -0.25) is 14.3 Å². The van der Waals surface area contributed by atoms with Crippen LogP contribution in [0.3, 0.4) is 0 Å². The number of aromatic amines is 1. The van der Waals surface area contributed by atoms with Crippen LogP contribution in [0, 0.1) is 6.92 Å². The smallest absolute Gasteiger partial charge is 0.341 e. The lowest BCUT2D eigenvalue weighted by Crippen LogP contribution is -2.54. The van der Waals surface area contributed by atoms with Crippen LogP contribution in [0.2, 0.25) is 0 Å². The van der Waals surface area contributed by atoms with Crippen molar-refractivity contribution in [3.05, 3.63) is 32.6 Å². The Labute approximate surface area is 117 Å². The number of aryl methyl sites for hydroxylation is 1. The number of nitrogens with one attached hydrogen (secondary N) is 1. The monoisotopic (exact) mass is 301 g/mol. The molecule has 1 aliphatic rings. The molecule has 0 unspecified atom stereocenters. The molecule has 10 nitrogen and oxygen atoms in total. The highest BCUT2D eigenvalue weighted by molar-refractivity contribution is 5.79. The van der Waals surface area contributed by atoms with Crippen LogP contribution < -0.4 is 17.0 Å². The zero-order valence-electron chi connectivity index (χ0n) is 11.0. The summed E-state index contributed by atoms with van der Waals surface area (Å²) < 4.78 is 6.04. The Hall–Kier alpha value is -2.01. The number of aliphatic hydroxyl groups excluding tert-OH is 2. The van der Waals surface area contributed by atoms with Gasteiger partial charge in [0, 0.05) is 11.8 Å². The van der Waals surface area contributed by atoms with Crippen LogP contribution in [0.4, 0.5) is 0 Å². The molecule has 10 heteroatoms. The zero-order valence-corrected chi connectivity index (χ0v) is 11.0. The fourth-order valence-electron chi connectivity index (χ4n) is 2.22. The minimum absolute atomic E-state index is 0.178. The van der Waals surface area contributed by atoms with Gasteiger partial charge in [-0.2, -0.15) is 0 Å². The average molecular weight is 301 g/mol. The highest BCUT2D eigenvalue weighted by Crippen LogP contribution is 2.35. The van der Waals surface area contributed by atoms with E-state index in [4.69, 9.17) is 15.6 Å². The molecular weight excluding hydrogens is 286 g/mol. The van der Waals surface area contributed by atoms with E-state index in [-0.39, 0.29) is 5.56 Å². The van der Waals surface area contributed by atoms with Crippen molar-refractivity contribution in [1.82, 2.24) is 9.55 Å². The number of aliphatic hydroxyl groups is 2. The number of carboxylic acid groups (broad SMARTS) is 1. The highest BCUT2D eigenvalue weighted by Gasteiger charge is 2.59. The first-order valence-electron chi connectivity index (χ1n) is 6.02. The summed E-state index contributed by atoms with van der Waals surface area (Å²) >= 11 is 0. The molecule has 0 amide bonds. The van der Waals surface area contributed by atoms with Gasteiger partial charge in [-0.1, -0.05) is 0 Å². The van der Waals surface area contributed by atoms with Gasteiger partial charge in [0.15, 0.2) is 6.23 Å². The predicted molar refractivity (Wildman–Crippen MR) is 67.6 cm³/mol. The molecule has 0 radical (unpaired) electrons. The van der Waals surface area contributed by atoms with Crippen molar-refractivity contribution in [3.63, 3.8) is 0 Å². The normalized spacial score (nSPS) is 32.3. The second kappa shape index (κ2) is 5.07. The van der Waals surface area contributed by atoms with E-state index in [1.807, 2.05) is 4.98 Å². The van der Waals surface area contributed by atoms with Crippen LogP contribution in [0.25, 0.3) is 0 Å². The molecule has 6 N–H and O–H groups in total. The van der Waals surface area contributed by atoms with Crippen LogP contribution in [0.15, 0.2) is 15.8 Å². The maximum atomic E-state index is 11.8. The van der Waals surface area contributed by atoms with Crippen molar-refractivity contribution in [2.75, 3.05) is 6.61 Å². The van der Waals surface area contributed by atoms with Gasteiger partial charge < -0.3 is 25.8 Å². The molecule has 1 fully saturated rings. The zero-order chi connectivity index (χ0) is 15.9. The number of ether oxygens (including phenoxy) is 1. The molecular formula is C11H15N3O7. The minimum Gasteiger partial charge on any atom is -0.479 e. The molecule has 0 aliphatic carbocycles. The summed E-state index contributed by atoms with van der Waals surface area (Å²) in [5.74, 6) is -1.61. The summed E-state index contributed by atoms with van der Waals surface area (Å²) in [6.45, 7) is 0.410. The van der Waals surface area contributed by atoms with Gasteiger partial charge in [-0.15, -0.1) is 0 Å². The first-order valence-corrected chi connectivity index (χ1v) is 6.02. The summed E-state index contributed by atoms with van der Waals surface area (Å²) in [6, 6.07) is -1.28. The molecule has 1 aromatic rings. The fraction of sp³-hybridized carbons (Fsp3) is 0.545. The number of rotatable bonds is 3. The van der Waals surface area contributed by atoms with Crippen molar-refractivity contribution >= 4 is 5.97 Å². The number of H-pyrrole nitrogens is 1. The number of nitrogens with zero attached hydrogens (tertiary/aromatic N) is 1. The predicted octanol–water partition coefficient (Wildman–Crippen LogP) is -3.12. The fourth-order valence-corrected chi connectivity index (χ4v) is 2.22. The lowest BCUT2D eigenvalue weighted by atomic mass is 9.95. The summed E-state index contributed by atoms with van der Waals surface area (Å²) in [7, 11) is 0. The van der Waals surface area contributed by atoms with Gasteiger partial charge in [-0.05, 0) is 6.92 Å². The lowest BCUT2D eigenvalue weighted by Gasteiger charge is -2.24. The van der Waals surface area contributed by atoms with Gasteiger partial charge in [0.25, 0.3) is 5.56 Å². The SMILES string of the molecule is Cc1cn([C@@H]2O[C@@](CO)(C(=O)O)[C@@H](O)[C@H]2N)c(=O)[nH]c1=O. The second-order valence-corrected chi connectivity index (χ2v) is 4.86. The Morgan fingerprint density at radius 2 is 2.19 bits per heavy atom. The van der Waals surface area contributed by atoms with Crippen molar-refractivity contribution in [2.24, 2.45) is 5.73 Å². The topological polar surface area (TPSA) is 168 Å². The molecule has 0 aromatic carbocycles. The molecule has 1 saturated heterocycles. The number of carbonyl (C=O) groups is 1. The van der Waals surface area contributed by atoms with E-state index in [9.17, 15) is 24.6 Å². The quantitative estimate of drug-likeness (QED) is 0.390. The third kappa shape index (κ3) is 2.17. The van der Waals surface area contributed by atoms with Crippen LogP contribution in [0.5, 0.6) is 0 Å². The molecule has 2 rings (SSSR count). The Kier molecular flexibility index (Phi) is 3.72. The lowest BCUT2D eigenvalue weighted by molar-refractivity contribution is -0.184. The third-order valence-electron chi connectivity index (χ3n) is 3.52. The summed E-state index contributed by atoms with van der Waals surface area (Å²) in [5, 5.41) is 28.3. The number of aromatic nitrogens is 2. The molecule has 21 heavy (non-hydrogen) atoms. The Morgan fingerprint density at radius 3 is 2.67 bits per heavy atom. The van der Waals surface area contributed by atoms with Crippen molar-refractivity contribution in [3.8, 4) is 0 Å².